The summed E-state index contributed by atoms with van der Waals surface area (Å²) < 4.78 is 5.83. The fraction of sp³-hybridized carbons (Fsp3) is 0.154. The highest BCUT2D eigenvalue weighted by molar-refractivity contribution is 9.10. The number of aryl methyl sites for hydroxylation is 1. The lowest BCUT2D eigenvalue weighted by Crippen LogP contribution is -2.14. The minimum absolute atomic E-state index is 0.258. The van der Waals surface area contributed by atoms with Gasteiger partial charge in [0.25, 0.3) is 5.91 Å². The van der Waals surface area contributed by atoms with Crippen LogP contribution < -0.4 is 10.1 Å². The van der Waals surface area contributed by atoms with E-state index in [4.69, 9.17) is 4.74 Å². The van der Waals surface area contributed by atoms with Crippen molar-refractivity contribution < 1.29 is 9.53 Å². The Labute approximate surface area is 119 Å². The van der Waals surface area contributed by atoms with Gasteiger partial charge < -0.3 is 10.1 Å². The number of nitrogens with one attached hydrogen (secondary N) is 1. The van der Waals surface area contributed by atoms with Gasteiger partial charge in [-0.25, -0.2) is 4.98 Å². The first-order valence-electron chi connectivity index (χ1n) is 5.54. The summed E-state index contributed by atoms with van der Waals surface area (Å²) in [5.74, 6) is 0.175. The van der Waals surface area contributed by atoms with E-state index in [1.807, 2.05) is 6.92 Å². The number of pyridine rings is 2. The molecule has 0 saturated heterocycles. The molecule has 0 aliphatic rings. The minimum Gasteiger partial charge on any atom is -0.494 e. The zero-order chi connectivity index (χ0) is 13.8. The van der Waals surface area contributed by atoms with Gasteiger partial charge in [0.05, 0.1) is 30.3 Å². The largest absolute Gasteiger partial charge is 0.494 e. The van der Waals surface area contributed by atoms with Crippen molar-refractivity contribution in [3.63, 3.8) is 0 Å². The molecule has 0 unspecified atom stereocenters. The first kappa shape index (κ1) is 13.5. The van der Waals surface area contributed by atoms with Crippen LogP contribution in [0, 0.1) is 6.92 Å². The summed E-state index contributed by atoms with van der Waals surface area (Å²) in [6, 6.07) is 5.17. The molecule has 0 atom stereocenters. The van der Waals surface area contributed by atoms with E-state index in [2.05, 4.69) is 31.2 Å². The number of hydrogen-bond donors (Lipinski definition) is 1. The van der Waals surface area contributed by atoms with Crippen LogP contribution in [-0.2, 0) is 0 Å². The Hall–Kier alpha value is -1.95. The van der Waals surface area contributed by atoms with Gasteiger partial charge in [0, 0.05) is 6.20 Å². The molecule has 6 heteroatoms. The molecule has 0 aliphatic carbocycles. The van der Waals surface area contributed by atoms with Crippen LogP contribution in [0.3, 0.4) is 0 Å². The number of nitrogens with zero attached hydrogens (tertiary/aromatic N) is 2. The number of halogens is 1. The van der Waals surface area contributed by atoms with Gasteiger partial charge >= 0.3 is 0 Å². The van der Waals surface area contributed by atoms with Crippen molar-refractivity contribution in [2.75, 3.05) is 12.4 Å². The van der Waals surface area contributed by atoms with Crippen LogP contribution in [0.5, 0.6) is 5.75 Å². The van der Waals surface area contributed by atoms with Crippen molar-refractivity contribution in [2.45, 2.75) is 6.92 Å². The summed E-state index contributed by atoms with van der Waals surface area (Å²) >= 11 is 3.28. The summed E-state index contributed by atoms with van der Waals surface area (Å²) in [4.78, 5) is 20.3. The second-order valence-corrected chi connectivity index (χ2v) is 4.61. The van der Waals surface area contributed by atoms with Crippen molar-refractivity contribution >= 4 is 27.5 Å². The lowest BCUT2D eigenvalue weighted by Gasteiger charge is -2.10. The molecule has 98 valence electrons. The molecule has 0 aromatic carbocycles. The molecule has 0 bridgehead atoms. The topological polar surface area (TPSA) is 64.1 Å². The van der Waals surface area contributed by atoms with Crippen molar-refractivity contribution in [3.8, 4) is 5.75 Å². The summed E-state index contributed by atoms with van der Waals surface area (Å²) in [6.45, 7) is 1.82. The number of carbonyl (C=O) groups is 1. The van der Waals surface area contributed by atoms with Crippen LogP contribution in [-0.4, -0.2) is 23.0 Å². The number of rotatable bonds is 3. The predicted octanol–water partition coefficient (Wildman–Crippen LogP) is 2.81. The van der Waals surface area contributed by atoms with Gasteiger partial charge in [-0.2, -0.15) is 0 Å². The number of amides is 1. The van der Waals surface area contributed by atoms with Crippen LogP contribution in [0.2, 0.25) is 0 Å². The molecule has 1 N–H and O–H groups in total. The molecule has 2 heterocycles. The van der Waals surface area contributed by atoms with Gasteiger partial charge in [0.2, 0.25) is 0 Å². The lowest BCUT2D eigenvalue weighted by atomic mass is 10.2. The summed E-state index contributed by atoms with van der Waals surface area (Å²) in [5.41, 5.74) is 1.82. The second-order valence-electron chi connectivity index (χ2n) is 3.80. The fourth-order valence-electron chi connectivity index (χ4n) is 1.58. The fourth-order valence-corrected chi connectivity index (χ4v) is 1.98. The zero-order valence-electron chi connectivity index (χ0n) is 10.5. The molecular weight excluding hydrogens is 310 g/mol. The monoisotopic (exact) mass is 321 g/mol. The van der Waals surface area contributed by atoms with Gasteiger partial charge in [-0.3, -0.25) is 9.78 Å². The Morgan fingerprint density at radius 2 is 2.16 bits per heavy atom. The van der Waals surface area contributed by atoms with Crippen LogP contribution >= 0.6 is 15.9 Å². The molecular formula is C13H12BrN3O2. The molecule has 0 aliphatic heterocycles. The standard InChI is InChI=1S/C13H12BrN3O2/c1-8-10(3-4-12(14)16-8)17-13(18)9-5-6-15-7-11(9)19-2/h3-7H,1-2H3,(H,17,18). The maximum atomic E-state index is 12.2. The number of carbonyl (C=O) groups excluding carboxylic acids is 1. The average Bonchev–Trinajstić information content (AvgIpc) is 2.41. The Morgan fingerprint density at radius 3 is 2.84 bits per heavy atom. The average molecular weight is 322 g/mol. The van der Waals surface area contributed by atoms with E-state index in [0.29, 0.717) is 17.0 Å². The van der Waals surface area contributed by atoms with E-state index in [1.165, 1.54) is 13.3 Å². The number of aromatic nitrogens is 2. The van der Waals surface area contributed by atoms with Crippen molar-refractivity contribution in [1.82, 2.24) is 9.97 Å². The first-order chi connectivity index (χ1) is 9.11. The number of methoxy groups -OCH3 is 1. The van der Waals surface area contributed by atoms with Crippen molar-refractivity contribution in [1.29, 1.82) is 0 Å². The smallest absolute Gasteiger partial charge is 0.259 e. The Bertz CT molecular complexity index is 617. The highest BCUT2D eigenvalue weighted by Gasteiger charge is 2.13. The van der Waals surface area contributed by atoms with Gasteiger partial charge in [-0.05, 0) is 41.1 Å². The minimum atomic E-state index is -0.258. The quantitative estimate of drug-likeness (QED) is 0.883. The normalized spacial score (nSPS) is 10.1. The van der Waals surface area contributed by atoms with E-state index < -0.39 is 0 Å². The highest BCUT2D eigenvalue weighted by Crippen LogP contribution is 2.20. The summed E-state index contributed by atoms with van der Waals surface area (Å²) in [6.07, 6.45) is 3.05. The Morgan fingerprint density at radius 1 is 1.37 bits per heavy atom. The van der Waals surface area contributed by atoms with Crippen molar-refractivity contribution in [2.24, 2.45) is 0 Å². The van der Waals surface area contributed by atoms with E-state index in [0.717, 1.165) is 10.3 Å². The maximum absolute atomic E-state index is 12.2. The van der Waals surface area contributed by atoms with E-state index >= 15 is 0 Å². The van der Waals surface area contributed by atoms with Crippen LogP contribution in [0.15, 0.2) is 35.2 Å². The van der Waals surface area contributed by atoms with Gasteiger partial charge in [0.1, 0.15) is 10.4 Å². The molecule has 2 aromatic rings. The number of hydrogen-bond acceptors (Lipinski definition) is 4. The summed E-state index contributed by atoms with van der Waals surface area (Å²) in [7, 11) is 1.50. The third-order valence-corrected chi connectivity index (χ3v) is 2.99. The van der Waals surface area contributed by atoms with Crippen LogP contribution in [0.1, 0.15) is 16.1 Å². The lowest BCUT2D eigenvalue weighted by molar-refractivity contribution is 0.102. The van der Waals surface area contributed by atoms with Crippen molar-refractivity contribution in [3.05, 3.63) is 46.5 Å². The Balaban J connectivity index is 2.26. The van der Waals surface area contributed by atoms with Gasteiger partial charge in [-0.15, -0.1) is 0 Å². The van der Waals surface area contributed by atoms with Gasteiger partial charge in [-0.1, -0.05) is 0 Å². The van der Waals surface area contributed by atoms with E-state index in [9.17, 15) is 4.79 Å². The SMILES string of the molecule is COc1cnccc1C(=O)Nc1ccc(Br)nc1C. The molecule has 0 fully saturated rings. The molecule has 19 heavy (non-hydrogen) atoms. The van der Waals surface area contributed by atoms with Crippen LogP contribution in [0.4, 0.5) is 5.69 Å². The molecule has 0 radical (unpaired) electrons. The zero-order valence-corrected chi connectivity index (χ0v) is 12.1. The van der Waals surface area contributed by atoms with Gasteiger partial charge in [0.15, 0.2) is 0 Å². The molecule has 2 aromatic heterocycles. The van der Waals surface area contributed by atoms with E-state index in [1.54, 1.807) is 24.4 Å². The third-order valence-electron chi connectivity index (χ3n) is 2.55. The molecule has 0 spiro atoms. The number of anilines is 1. The third kappa shape index (κ3) is 3.08. The second kappa shape index (κ2) is 5.79. The summed E-state index contributed by atoms with van der Waals surface area (Å²) in [5, 5.41) is 2.80. The van der Waals surface area contributed by atoms with E-state index in [-0.39, 0.29) is 5.91 Å². The molecule has 5 nitrogen and oxygen atoms in total. The predicted molar refractivity (Wildman–Crippen MR) is 75.4 cm³/mol. The maximum Gasteiger partial charge on any atom is 0.259 e. The molecule has 1 amide bonds. The first-order valence-corrected chi connectivity index (χ1v) is 6.33. The van der Waals surface area contributed by atoms with Crippen LogP contribution in [0.25, 0.3) is 0 Å². The molecule has 0 saturated carbocycles. The highest BCUT2D eigenvalue weighted by atomic mass is 79.9. The Kier molecular flexibility index (Phi) is 4.11. The molecule has 2 rings (SSSR count). The number of ether oxygens (including phenoxy) is 1.